The summed E-state index contributed by atoms with van der Waals surface area (Å²) in [5.74, 6) is 0. The van der Waals surface area contributed by atoms with E-state index in [1.54, 1.807) is 6.20 Å². The third-order valence-electron chi connectivity index (χ3n) is 3.22. The molecule has 0 aliphatic carbocycles. The summed E-state index contributed by atoms with van der Waals surface area (Å²) >= 11 is 0. The van der Waals surface area contributed by atoms with E-state index in [1.807, 2.05) is 17.1 Å². The highest BCUT2D eigenvalue weighted by Crippen LogP contribution is 2.25. The Morgan fingerprint density at radius 2 is 2.06 bits per heavy atom. The van der Waals surface area contributed by atoms with Gasteiger partial charge in [-0.2, -0.15) is 0 Å². The molecule has 1 aliphatic rings. The van der Waals surface area contributed by atoms with Crippen LogP contribution in [0.5, 0.6) is 0 Å². The lowest BCUT2D eigenvalue weighted by Gasteiger charge is -2.19. The van der Waals surface area contributed by atoms with Crippen LogP contribution in [0.2, 0.25) is 0 Å². The van der Waals surface area contributed by atoms with Gasteiger partial charge >= 0.3 is 0 Å². The first-order valence-electron chi connectivity index (χ1n) is 5.80. The zero-order valence-electron chi connectivity index (χ0n) is 9.82. The predicted octanol–water partition coefficient (Wildman–Crippen LogP) is 2.42. The molecule has 3 rings (SSSR count). The van der Waals surface area contributed by atoms with Gasteiger partial charge in [0.2, 0.25) is 0 Å². The van der Waals surface area contributed by atoms with Crippen LogP contribution in [0.4, 0.5) is 0 Å². The first-order valence-corrected chi connectivity index (χ1v) is 5.80. The van der Waals surface area contributed by atoms with Gasteiger partial charge in [0.05, 0.1) is 12.4 Å². The van der Waals surface area contributed by atoms with Gasteiger partial charge in [-0.15, -0.1) is 0 Å². The van der Waals surface area contributed by atoms with Crippen molar-refractivity contribution in [2.45, 2.75) is 6.04 Å². The number of imidazole rings is 1. The summed E-state index contributed by atoms with van der Waals surface area (Å²) < 4.78 is 2.01. The summed E-state index contributed by atoms with van der Waals surface area (Å²) in [5.41, 5.74) is 2.49. The SMILES string of the molecule is CN1CC=CC1c1ccc(-n2ccnc2)cc1. The molecule has 0 N–H and O–H groups in total. The smallest absolute Gasteiger partial charge is 0.0991 e. The van der Waals surface area contributed by atoms with Crippen LogP contribution < -0.4 is 0 Å². The predicted molar refractivity (Wildman–Crippen MR) is 68.1 cm³/mol. The normalized spacial score (nSPS) is 19.9. The summed E-state index contributed by atoms with van der Waals surface area (Å²) in [4.78, 5) is 6.38. The molecule has 0 saturated heterocycles. The summed E-state index contributed by atoms with van der Waals surface area (Å²) in [6.07, 6.45) is 10.0. The molecular formula is C14H15N3. The summed E-state index contributed by atoms with van der Waals surface area (Å²) in [5, 5.41) is 0. The molecule has 1 unspecified atom stereocenters. The molecule has 0 saturated carbocycles. The molecule has 1 aliphatic heterocycles. The average molecular weight is 225 g/mol. The van der Waals surface area contributed by atoms with Crippen LogP contribution in [-0.2, 0) is 0 Å². The van der Waals surface area contributed by atoms with Crippen LogP contribution in [0.3, 0.4) is 0 Å². The Balaban J connectivity index is 1.88. The van der Waals surface area contributed by atoms with Crippen LogP contribution >= 0.6 is 0 Å². The van der Waals surface area contributed by atoms with Gasteiger partial charge in [0, 0.05) is 24.6 Å². The average Bonchev–Trinajstić information content (AvgIpc) is 3.00. The van der Waals surface area contributed by atoms with Crippen molar-refractivity contribution in [1.82, 2.24) is 14.5 Å². The summed E-state index contributed by atoms with van der Waals surface area (Å²) in [7, 11) is 2.15. The van der Waals surface area contributed by atoms with E-state index in [9.17, 15) is 0 Å². The molecule has 2 aromatic rings. The van der Waals surface area contributed by atoms with E-state index in [-0.39, 0.29) is 0 Å². The molecule has 0 spiro atoms. The highest BCUT2D eigenvalue weighted by Gasteiger charge is 2.16. The van der Waals surface area contributed by atoms with Gasteiger partial charge in [0.1, 0.15) is 0 Å². The fourth-order valence-electron chi connectivity index (χ4n) is 2.24. The Labute approximate surface area is 101 Å². The van der Waals surface area contributed by atoms with Crippen LogP contribution in [0.25, 0.3) is 5.69 Å². The second-order valence-electron chi connectivity index (χ2n) is 4.37. The highest BCUT2D eigenvalue weighted by atomic mass is 15.1. The summed E-state index contributed by atoms with van der Waals surface area (Å²) in [6, 6.07) is 9.07. The topological polar surface area (TPSA) is 21.1 Å². The summed E-state index contributed by atoms with van der Waals surface area (Å²) in [6.45, 7) is 1.04. The molecular weight excluding hydrogens is 210 g/mol. The van der Waals surface area contributed by atoms with Crippen molar-refractivity contribution in [2.24, 2.45) is 0 Å². The quantitative estimate of drug-likeness (QED) is 0.732. The molecule has 86 valence electrons. The Hall–Kier alpha value is -1.87. The van der Waals surface area contributed by atoms with E-state index in [1.165, 1.54) is 5.56 Å². The van der Waals surface area contributed by atoms with Gasteiger partial charge in [0.25, 0.3) is 0 Å². The van der Waals surface area contributed by atoms with Crippen LogP contribution in [0.15, 0.2) is 55.1 Å². The highest BCUT2D eigenvalue weighted by molar-refractivity contribution is 5.37. The van der Waals surface area contributed by atoms with Gasteiger partial charge in [-0.05, 0) is 24.7 Å². The van der Waals surface area contributed by atoms with Gasteiger partial charge in [-0.3, -0.25) is 4.90 Å². The zero-order valence-corrected chi connectivity index (χ0v) is 9.82. The van der Waals surface area contributed by atoms with Crippen molar-refractivity contribution in [1.29, 1.82) is 0 Å². The van der Waals surface area contributed by atoms with E-state index in [0.29, 0.717) is 6.04 Å². The molecule has 3 nitrogen and oxygen atoms in total. The minimum absolute atomic E-state index is 0.423. The lowest BCUT2D eigenvalue weighted by molar-refractivity contribution is 0.340. The first kappa shape index (κ1) is 10.3. The van der Waals surface area contributed by atoms with Crippen molar-refractivity contribution in [3.8, 4) is 5.69 Å². The third-order valence-corrected chi connectivity index (χ3v) is 3.22. The number of aromatic nitrogens is 2. The second-order valence-corrected chi connectivity index (χ2v) is 4.37. The van der Waals surface area contributed by atoms with E-state index >= 15 is 0 Å². The number of likely N-dealkylation sites (N-methyl/N-ethyl adjacent to an activating group) is 1. The largest absolute Gasteiger partial charge is 0.306 e. The maximum Gasteiger partial charge on any atom is 0.0991 e. The molecule has 2 heterocycles. The van der Waals surface area contributed by atoms with Gasteiger partial charge in [0.15, 0.2) is 0 Å². The number of hydrogen-bond donors (Lipinski definition) is 0. The second kappa shape index (κ2) is 4.18. The van der Waals surface area contributed by atoms with E-state index < -0.39 is 0 Å². The molecule has 1 aromatic carbocycles. The van der Waals surface area contributed by atoms with Gasteiger partial charge in [-0.1, -0.05) is 24.3 Å². The Kier molecular flexibility index (Phi) is 2.53. The Bertz CT molecular complexity index is 511. The van der Waals surface area contributed by atoms with E-state index in [4.69, 9.17) is 0 Å². The fraction of sp³-hybridized carbons (Fsp3) is 0.214. The standard InChI is InChI=1S/C14H15N3/c1-16-9-2-3-14(16)12-4-6-13(7-5-12)17-10-8-15-11-17/h2-8,10-11,14H,9H2,1H3. The molecule has 0 radical (unpaired) electrons. The van der Waals surface area contributed by atoms with E-state index in [0.717, 1.165) is 12.2 Å². The third kappa shape index (κ3) is 1.89. The number of nitrogens with zero attached hydrogens (tertiary/aromatic N) is 3. The fourth-order valence-corrected chi connectivity index (χ4v) is 2.24. The first-order chi connectivity index (χ1) is 8.34. The van der Waals surface area contributed by atoms with Crippen molar-refractivity contribution in [3.05, 3.63) is 60.7 Å². The maximum absolute atomic E-state index is 4.05. The van der Waals surface area contributed by atoms with Crippen LogP contribution in [0.1, 0.15) is 11.6 Å². The van der Waals surface area contributed by atoms with Gasteiger partial charge in [-0.25, -0.2) is 4.98 Å². The molecule has 1 atom stereocenters. The minimum Gasteiger partial charge on any atom is -0.306 e. The Morgan fingerprint density at radius 1 is 1.24 bits per heavy atom. The van der Waals surface area contributed by atoms with Crippen LogP contribution in [-0.4, -0.2) is 28.0 Å². The Morgan fingerprint density at radius 3 is 2.65 bits per heavy atom. The molecule has 0 fully saturated rings. The van der Waals surface area contributed by atoms with Crippen molar-refractivity contribution in [3.63, 3.8) is 0 Å². The molecule has 17 heavy (non-hydrogen) atoms. The van der Waals surface area contributed by atoms with Crippen LogP contribution in [0, 0.1) is 0 Å². The van der Waals surface area contributed by atoms with E-state index in [2.05, 4.69) is 53.3 Å². The minimum atomic E-state index is 0.423. The molecule has 0 amide bonds. The molecule has 0 bridgehead atoms. The molecule has 3 heteroatoms. The number of hydrogen-bond acceptors (Lipinski definition) is 2. The van der Waals surface area contributed by atoms with Crippen molar-refractivity contribution in [2.75, 3.05) is 13.6 Å². The lowest BCUT2D eigenvalue weighted by atomic mass is 10.1. The van der Waals surface area contributed by atoms with Crippen molar-refractivity contribution < 1.29 is 0 Å². The van der Waals surface area contributed by atoms with Gasteiger partial charge < -0.3 is 4.57 Å². The zero-order chi connectivity index (χ0) is 11.7. The molecule has 1 aromatic heterocycles. The maximum atomic E-state index is 4.05. The van der Waals surface area contributed by atoms with Crippen molar-refractivity contribution >= 4 is 0 Å². The monoisotopic (exact) mass is 225 g/mol. The number of benzene rings is 1. The lowest BCUT2D eigenvalue weighted by Crippen LogP contribution is -2.18. The number of rotatable bonds is 2.